The van der Waals surface area contributed by atoms with Crippen molar-refractivity contribution in [1.82, 2.24) is 0 Å². The lowest BCUT2D eigenvalue weighted by Gasteiger charge is -2.25. The van der Waals surface area contributed by atoms with Crippen LogP contribution in [0.1, 0.15) is 73.4 Å². The molecule has 0 N–H and O–H groups in total. The van der Waals surface area contributed by atoms with Crippen molar-refractivity contribution in [2.45, 2.75) is 52.4 Å². The maximum absolute atomic E-state index is 12.7. The molecule has 0 spiro atoms. The minimum atomic E-state index is -0.430. The van der Waals surface area contributed by atoms with Gasteiger partial charge in [-0.1, -0.05) is 47.6 Å². The highest BCUT2D eigenvalue weighted by Crippen LogP contribution is 2.30. The topological polar surface area (TPSA) is 52.6 Å². The number of methoxy groups -OCH3 is 1. The molecule has 0 saturated carbocycles. The summed E-state index contributed by atoms with van der Waals surface area (Å²) < 4.78 is 10.2. The molecule has 0 fully saturated rings. The monoisotopic (exact) mass is 368 g/mol. The minimum Gasteiger partial charge on any atom is -0.465 e. The van der Waals surface area contributed by atoms with Gasteiger partial charge in [0.15, 0.2) is 0 Å². The van der Waals surface area contributed by atoms with Gasteiger partial charge in [-0.25, -0.2) is 9.59 Å². The molecule has 0 radical (unpaired) electrons. The summed E-state index contributed by atoms with van der Waals surface area (Å²) in [5.41, 5.74) is 2.92. The summed E-state index contributed by atoms with van der Waals surface area (Å²) in [4.78, 5) is 24.2. The van der Waals surface area contributed by atoms with Gasteiger partial charge in [0, 0.05) is 0 Å². The van der Waals surface area contributed by atoms with Crippen LogP contribution in [0.5, 0.6) is 5.75 Å². The lowest BCUT2D eigenvalue weighted by Crippen LogP contribution is -2.19. The van der Waals surface area contributed by atoms with Crippen molar-refractivity contribution in [2.24, 2.45) is 0 Å². The number of hydrogen-bond acceptors (Lipinski definition) is 4. The van der Waals surface area contributed by atoms with Crippen molar-refractivity contribution >= 4 is 11.9 Å². The third kappa shape index (κ3) is 5.19. The number of carbonyl (C=O) groups excluding carboxylic acids is 2. The zero-order valence-electron chi connectivity index (χ0n) is 17.2. The summed E-state index contributed by atoms with van der Waals surface area (Å²) >= 11 is 0. The Hall–Kier alpha value is -2.62. The second-order valence-corrected chi connectivity index (χ2v) is 8.70. The molecule has 0 saturated heterocycles. The molecule has 0 bridgehead atoms. The van der Waals surface area contributed by atoms with Crippen molar-refractivity contribution in [1.29, 1.82) is 0 Å². The van der Waals surface area contributed by atoms with Gasteiger partial charge in [-0.15, -0.1) is 0 Å². The highest BCUT2D eigenvalue weighted by molar-refractivity contribution is 5.92. The molecule has 2 aromatic rings. The summed E-state index contributed by atoms with van der Waals surface area (Å²) in [5, 5.41) is 0. The quantitative estimate of drug-likeness (QED) is 0.546. The van der Waals surface area contributed by atoms with Crippen LogP contribution >= 0.6 is 0 Å². The Morgan fingerprint density at radius 3 is 1.59 bits per heavy atom. The van der Waals surface area contributed by atoms with Gasteiger partial charge in [-0.05, 0) is 58.4 Å². The van der Waals surface area contributed by atoms with Crippen LogP contribution in [0.15, 0.2) is 42.5 Å². The average Bonchev–Trinajstić information content (AvgIpc) is 2.59. The van der Waals surface area contributed by atoms with Gasteiger partial charge in [0.25, 0.3) is 0 Å². The number of hydrogen-bond donors (Lipinski definition) is 0. The number of carbonyl (C=O) groups is 2. The molecule has 2 aromatic carbocycles. The first-order valence-corrected chi connectivity index (χ1v) is 8.98. The van der Waals surface area contributed by atoms with Crippen molar-refractivity contribution in [3.8, 4) is 5.75 Å². The maximum atomic E-state index is 12.7. The lowest BCUT2D eigenvalue weighted by atomic mass is 9.79. The van der Waals surface area contributed by atoms with Crippen LogP contribution in [-0.4, -0.2) is 19.0 Å². The summed E-state index contributed by atoms with van der Waals surface area (Å²) in [6, 6.07) is 12.2. The summed E-state index contributed by atoms with van der Waals surface area (Å²) in [5.74, 6) is -0.468. The summed E-state index contributed by atoms with van der Waals surface area (Å²) in [6.45, 7) is 12.7. The fourth-order valence-corrected chi connectivity index (χ4v) is 2.55. The Morgan fingerprint density at radius 2 is 1.19 bits per heavy atom. The molecule has 2 rings (SSSR count). The predicted octanol–water partition coefficient (Wildman–Crippen LogP) is 5.29. The smallest absolute Gasteiger partial charge is 0.343 e. The molecule has 4 nitrogen and oxygen atoms in total. The average molecular weight is 368 g/mol. The van der Waals surface area contributed by atoms with Gasteiger partial charge in [-0.2, -0.15) is 0 Å². The highest BCUT2D eigenvalue weighted by atomic mass is 16.5. The molecular weight excluding hydrogens is 340 g/mol. The fraction of sp³-hybridized carbons (Fsp3) is 0.391. The SMILES string of the molecule is COC(=O)c1ccc(OC(=O)c2cc(C(C)(C)C)cc(C(C)(C)C)c2)cc1. The van der Waals surface area contributed by atoms with E-state index in [1.165, 1.54) is 7.11 Å². The Kier molecular flexibility index (Phi) is 5.79. The van der Waals surface area contributed by atoms with Gasteiger partial charge >= 0.3 is 11.9 Å². The second-order valence-electron chi connectivity index (χ2n) is 8.70. The first kappa shape index (κ1) is 20.7. The van der Waals surface area contributed by atoms with Crippen molar-refractivity contribution in [3.05, 3.63) is 64.7 Å². The van der Waals surface area contributed by atoms with E-state index in [0.29, 0.717) is 16.9 Å². The molecule has 0 aliphatic heterocycles. The molecule has 0 atom stereocenters. The van der Waals surface area contributed by atoms with E-state index in [0.717, 1.165) is 11.1 Å². The largest absolute Gasteiger partial charge is 0.465 e. The van der Waals surface area contributed by atoms with E-state index in [4.69, 9.17) is 4.74 Å². The molecule has 0 aliphatic rings. The van der Waals surface area contributed by atoms with E-state index in [1.54, 1.807) is 24.3 Å². The molecule has 0 unspecified atom stereocenters. The normalized spacial score (nSPS) is 11.8. The lowest BCUT2D eigenvalue weighted by molar-refractivity contribution is 0.0600. The van der Waals surface area contributed by atoms with E-state index in [1.807, 2.05) is 12.1 Å². The second kappa shape index (κ2) is 7.55. The highest BCUT2D eigenvalue weighted by Gasteiger charge is 2.23. The number of ether oxygens (including phenoxy) is 2. The summed E-state index contributed by atoms with van der Waals surface area (Å²) in [7, 11) is 1.32. The standard InChI is InChI=1S/C23H28O4/c1-22(2,3)17-12-16(13-18(14-17)23(4,5)6)21(25)27-19-10-8-15(9-11-19)20(24)26-7/h8-14H,1-7H3. The molecule has 0 heterocycles. The van der Waals surface area contributed by atoms with Crippen molar-refractivity contribution in [2.75, 3.05) is 7.11 Å². The van der Waals surface area contributed by atoms with Gasteiger partial charge in [-0.3, -0.25) is 0 Å². The van der Waals surface area contributed by atoms with E-state index in [9.17, 15) is 9.59 Å². The molecule has 4 heteroatoms. The zero-order chi connectivity index (χ0) is 20.4. The fourth-order valence-electron chi connectivity index (χ4n) is 2.55. The molecule has 144 valence electrons. The van der Waals surface area contributed by atoms with Gasteiger partial charge in [0.05, 0.1) is 18.2 Å². The van der Waals surface area contributed by atoms with Crippen LogP contribution in [0.4, 0.5) is 0 Å². The van der Waals surface area contributed by atoms with Gasteiger partial charge in [0.1, 0.15) is 5.75 Å². The minimum absolute atomic E-state index is 0.0849. The predicted molar refractivity (Wildman–Crippen MR) is 107 cm³/mol. The Balaban J connectivity index is 2.33. The molecule has 0 aromatic heterocycles. The molecular formula is C23H28O4. The van der Waals surface area contributed by atoms with E-state index >= 15 is 0 Å². The van der Waals surface area contributed by atoms with Gasteiger partial charge in [0.2, 0.25) is 0 Å². The van der Waals surface area contributed by atoms with Gasteiger partial charge < -0.3 is 9.47 Å². The zero-order valence-corrected chi connectivity index (χ0v) is 17.2. The first-order valence-electron chi connectivity index (χ1n) is 8.98. The first-order chi connectivity index (χ1) is 12.4. The van der Waals surface area contributed by atoms with Crippen LogP contribution < -0.4 is 4.74 Å². The van der Waals surface area contributed by atoms with Crippen LogP contribution in [0.2, 0.25) is 0 Å². The van der Waals surface area contributed by atoms with Crippen LogP contribution in [-0.2, 0) is 15.6 Å². The van der Waals surface area contributed by atoms with Crippen LogP contribution in [0, 0.1) is 0 Å². The molecule has 0 amide bonds. The van der Waals surface area contributed by atoms with E-state index < -0.39 is 11.9 Å². The molecule has 0 aliphatic carbocycles. The van der Waals surface area contributed by atoms with Crippen LogP contribution in [0.25, 0.3) is 0 Å². The number of benzene rings is 2. The van der Waals surface area contributed by atoms with E-state index in [2.05, 4.69) is 52.3 Å². The maximum Gasteiger partial charge on any atom is 0.343 e. The third-order valence-corrected chi connectivity index (χ3v) is 4.39. The number of esters is 2. The van der Waals surface area contributed by atoms with E-state index in [-0.39, 0.29) is 10.8 Å². The van der Waals surface area contributed by atoms with Crippen molar-refractivity contribution in [3.63, 3.8) is 0 Å². The van der Waals surface area contributed by atoms with Crippen LogP contribution in [0.3, 0.4) is 0 Å². The Labute approximate surface area is 161 Å². The molecule has 27 heavy (non-hydrogen) atoms. The summed E-state index contributed by atoms with van der Waals surface area (Å²) in [6.07, 6.45) is 0. The number of rotatable bonds is 3. The van der Waals surface area contributed by atoms with Crippen molar-refractivity contribution < 1.29 is 19.1 Å². The Morgan fingerprint density at radius 1 is 0.704 bits per heavy atom. The third-order valence-electron chi connectivity index (χ3n) is 4.39. The Bertz CT molecular complexity index is 802.